The maximum Gasteiger partial charge on any atom is 0.142 e. The molecule has 1 aliphatic rings. The van der Waals surface area contributed by atoms with Gasteiger partial charge in [-0.1, -0.05) is 13.8 Å². The van der Waals surface area contributed by atoms with Crippen molar-refractivity contribution in [1.82, 2.24) is 4.98 Å². The number of pyridine rings is 1. The van der Waals surface area contributed by atoms with E-state index < -0.39 is 0 Å². The van der Waals surface area contributed by atoms with Crippen molar-refractivity contribution in [2.24, 2.45) is 11.8 Å². The van der Waals surface area contributed by atoms with Gasteiger partial charge in [0.05, 0.1) is 4.47 Å². The van der Waals surface area contributed by atoms with Gasteiger partial charge in [-0.2, -0.15) is 0 Å². The van der Waals surface area contributed by atoms with Crippen molar-refractivity contribution in [3.05, 3.63) is 22.8 Å². The van der Waals surface area contributed by atoms with Crippen molar-refractivity contribution in [2.45, 2.75) is 26.7 Å². The first-order chi connectivity index (χ1) is 7.68. The number of anilines is 1. The fraction of sp³-hybridized carbons (Fsp3) is 0.615. The van der Waals surface area contributed by atoms with E-state index in [4.69, 9.17) is 0 Å². The number of halogens is 1. The highest BCUT2D eigenvalue weighted by Gasteiger charge is 2.23. The van der Waals surface area contributed by atoms with Crippen LogP contribution in [0, 0.1) is 11.8 Å². The Hall–Kier alpha value is -0.570. The highest BCUT2D eigenvalue weighted by Crippen LogP contribution is 2.30. The first-order valence-corrected chi connectivity index (χ1v) is 6.83. The number of hydrogen-bond acceptors (Lipinski definition) is 2. The van der Waals surface area contributed by atoms with E-state index in [0.29, 0.717) is 0 Å². The van der Waals surface area contributed by atoms with Crippen molar-refractivity contribution in [2.75, 3.05) is 18.0 Å². The fourth-order valence-electron chi connectivity index (χ4n) is 2.39. The van der Waals surface area contributed by atoms with Gasteiger partial charge in [-0.3, -0.25) is 0 Å². The van der Waals surface area contributed by atoms with Crippen LogP contribution in [0.25, 0.3) is 0 Å². The Morgan fingerprint density at radius 2 is 2.06 bits per heavy atom. The summed E-state index contributed by atoms with van der Waals surface area (Å²) in [6, 6.07) is 4.03. The van der Waals surface area contributed by atoms with Crippen LogP contribution in [0.4, 0.5) is 5.82 Å². The zero-order valence-electron chi connectivity index (χ0n) is 9.99. The molecule has 88 valence electrons. The lowest BCUT2D eigenvalue weighted by atomic mass is 9.87. The van der Waals surface area contributed by atoms with Crippen LogP contribution in [0.5, 0.6) is 0 Å². The number of nitrogens with zero attached hydrogens (tertiary/aromatic N) is 2. The van der Waals surface area contributed by atoms with Gasteiger partial charge >= 0.3 is 0 Å². The molecule has 0 atom stereocenters. The Morgan fingerprint density at radius 3 is 2.62 bits per heavy atom. The Morgan fingerprint density at radius 1 is 1.38 bits per heavy atom. The van der Waals surface area contributed by atoms with Gasteiger partial charge in [0.1, 0.15) is 5.82 Å². The molecule has 0 aromatic carbocycles. The van der Waals surface area contributed by atoms with E-state index in [1.165, 1.54) is 12.8 Å². The predicted molar refractivity (Wildman–Crippen MR) is 71.7 cm³/mol. The Bertz CT molecular complexity index is 344. The normalized spacial score (nSPS) is 18.1. The molecule has 0 bridgehead atoms. The molecule has 0 amide bonds. The second kappa shape index (κ2) is 5.17. The summed E-state index contributed by atoms with van der Waals surface area (Å²) in [5, 5.41) is 0. The molecule has 2 rings (SSSR count). The van der Waals surface area contributed by atoms with Gasteiger partial charge in [-0.05, 0) is 52.7 Å². The largest absolute Gasteiger partial charge is 0.356 e. The van der Waals surface area contributed by atoms with E-state index in [1.807, 2.05) is 12.3 Å². The van der Waals surface area contributed by atoms with E-state index in [0.717, 1.165) is 35.2 Å². The molecule has 1 aliphatic heterocycles. The van der Waals surface area contributed by atoms with Gasteiger partial charge in [0.2, 0.25) is 0 Å². The molecule has 0 aliphatic carbocycles. The molecular formula is C13H19BrN2. The molecule has 0 spiro atoms. The third-order valence-corrected chi connectivity index (χ3v) is 4.14. The number of aromatic nitrogens is 1. The van der Waals surface area contributed by atoms with Crippen LogP contribution in [0.3, 0.4) is 0 Å². The second-order valence-corrected chi connectivity index (χ2v) is 5.73. The monoisotopic (exact) mass is 282 g/mol. The van der Waals surface area contributed by atoms with Gasteiger partial charge in [0.25, 0.3) is 0 Å². The lowest BCUT2D eigenvalue weighted by molar-refractivity contribution is 0.310. The third-order valence-electron chi connectivity index (χ3n) is 3.52. The van der Waals surface area contributed by atoms with Gasteiger partial charge in [-0.25, -0.2) is 4.98 Å². The summed E-state index contributed by atoms with van der Waals surface area (Å²) in [5.41, 5.74) is 0. The molecular weight excluding hydrogens is 264 g/mol. The highest BCUT2D eigenvalue weighted by atomic mass is 79.9. The van der Waals surface area contributed by atoms with Crippen LogP contribution in [0.2, 0.25) is 0 Å². The van der Waals surface area contributed by atoms with Gasteiger partial charge < -0.3 is 4.90 Å². The zero-order valence-corrected chi connectivity index (χ0v) is 11.6. The minimum absolute atomic E-state index is 0.814. The van der Waals surface area contributed by atoms with E-state index in [1.54, 1.807) is 0 Å². The molecule has 16 heavy (non-hydrogen) atoms. The minimum atomic E-state index is 0.814. The maximum absolute atomic E-state index is 4.45. The molecule has 0 unspecified atom stereocenters. The lowest BCUT2D eigenvalue weighted by Gasteiger charge is -2.34. The Balaban J connectivity index is 2.02. The van der Waals surface area contributed by atoms with Crippen LogP contribution in [-0.2, 0) is 0 Å². The molecule has 1 aromatic rings. The molecule has 1 aromatic heterocycles. The Labute approximate surface area is 106 Å². The summed E-state index contributed by atoms with van der Waals surface area (Å²) in [5.74, 6) is 2.80. The van der Waals surface area contributed by atoms with E-state index >= 15 is 0 Å². The molecule has 0 saturated carbocycles. The van der Waals surface area contributed by atoms with Crippen LogP contribution in [0.1, 0.15) is 26.7 Å². The van der Waals surface area contributed by atoms with Crippen molar-refractivity contribution in [3.63, 3.8) is 0 Å². The summed E-state index contributed by atoms with van der Waals surface area (Å²) in [6.45, 7) is 6.94. The highest BCUT2D eigenvalue weighted by molar-refractivity contribution is 9.10. The minimum Gasteiger partial charge on any atom is -0.356 e. The van der Waals surface area contributed by atoms with Crippen LogP contribution < -0.4 is 4.90 Å². The standard InChI is InChI=1S/C13H19BrN2/c1-10(2)11-5-8-16(9-6-11)13-12(14)4-3-7-15-13/h3-4,7,10-11H,5-6,8-9H2,1-2H3. The van der Waals surface area contributed by atoms with Crippen molar-refractivity contribution in [3.8, 4) is 0 Å². The summed E-state index contributed by atoms with van der Waals surface area (Å²) >= 11 is 3.57. The number of piperidine rings is 1. The van der Waals surface area contributed by atoms with Gasteiger partial charge in [0, 0.05) is 19.3 Å². The number of rotatable bonds is 2. The lowest BCUT2D eigenvalue weighted by Crippen LogP contribution is -2.35. The van der Waals surface area contributed by atoms with Crippen molar-refractivity contribution >= 4 is 21.7 Å². The molecule has 0 radical (unpaired) electrons. The molecule has 2 heterocycles. The topological polar surface area (TPSA) is 16.1 Å². The molecule has 3 heteroatoms. The summed E-state index contributed by atoms with van der Waals surface area (Å²) in [7, 11) is 0. The first kappa shape index (κ1) is 11.9. The second-order valence-electron chi connectivity index (χ2n) is 4.88. The third kappa shape index (κ3) is 2.57. The molecule has 0 N–H and O–H groups in total. The predicted octanol–water partition coefficient (Wildman–Crippen LogP) is 3.72. The van der Waals surface area contributed by atoms with Gasteiger partial charge in [-0.15, -0.1) is 0 Å². The average Bonchev–Trinajstić information content (AvgIpc) is 2.30. The van der Waals surface area contributed by atoms with Gasteiger partial charge in [0.15, 0.2) is 0 Å². The van der Waals surface area contributed by atoms with Crippen LogP contribution in [-0.4, -0.2) is 18.1 Å². The molecule has 2 nitrogen and oxygen atoms in total. The van der Waals surface area contributed by atoms with E-state index in [2.05, 4.69) is 45.7 Å². The molecule has 1 saturated heterocycles. The Kier molecular flexibility index (Phi) is 3.85. The maximum atomic E-state index is 4.45. The van der Waals surface area contributed by atoms with E-state index in [9.17, 15) is 0 Å². The average molecular weight is 283 g/mol. The molecule has 1 fully saturated rings. The SMILES string of the molecule is CC(C)C1CCN(c2ncccc2Br)CC1. The van der Waals surface area contributed by atoms with Crippen molar-refractivity contribution < 1.29 is 0 Å². The summed E-state index contributed by atoms with van der Waals surface area (Å²) < 4.78 is 1.11. The van der Waals surface area contributed by atoms with Crippen LogP contribution >= 0.6 is 15.9 Å². The van der Waals surface area contributed by atoms with Crippen LogP contribution in [0.15, 0.2) is 22.8 Å². The first-order valence-electron chi connectivity index (χ1n) is 6.04. The number of hydrogen-bond donors (Lipinski definition) is 0. The van der Waals surface area contributed by atoms with E-state index in [-0.39, 0.29) is 0 Å². The summed E-state index contributed by atoms with van der Waals surface area (Å²) in [6.07, 6.45) is 4.45. The quantitative estimate of drug-likeness (QED) is 0.822. The fourth-order valence-corrected chi connectivity index (χ4v) is 2.89. The summed E-state index contributed by atoms with van der Waals surface area (Å²) in [4.78, 5) is 6.84. The smallest absolute Gasteiger partial charge is 0.142 e. The zero-order chi connectivity index (χ0) is 11.5. The van der Waals surface area contributed by atoms with Crippen molar-refractivity contribution in [1.29, 1.82) is 0 Å².